The summed E-state index contributed by atoms with van der Waals surface area (Å²) in [6, 6.07) is 49.7. The lowest BCUT2D eigenvalue weighted by molar-refractivity contribution is -0.223. The van der Waals surface area contributed by atoms with Crippen molar-refractivity contribution in [2.45, 2.75) is 75.4 Å². The molecule has 1 amide bonds. The lowest BCUT2D eigenvalue weighted by atomic mass is 9.93. The highest BCUT2D eigenvalue weighted by atomic mass is 16.8. The van der Waals surface area contributed by atoms with Gasteiger partial charge in [-0.15, -0.1) is 0 Å². The van der Waals surface area contributed by atoms with Crippen molar-refractivity contribution in [3.05, 3.63) is 179 Å². The maximum atomic E-state index is 14.3. The monoisotopic (exact) mass is 668 g/mol. The molecule has 0 unspecified atom stereocenters. The Morgan fingerprint density at radius 1 is 0.660 bits per heavy atom. The van der Waals surface area contributed by atoms with Crippen LogP contribution in [0.1, 0.15) is 60.2 Å². The summed E-state index contributed by atoms with van der Waals surface area (Å²) in [5, 5.41) is 7.23. The van der Waals surface area contributed by atoms with Crippen molar-refractivity contribution in [1.82, 2.24) is 10.6 Å². The first-order chi connectivity index (χ1) is 24.4. The molecule has 7 nitrogen and oxygen atoms in total. The van der Waals surface area contributed by atoms with E-state index in [9.17, 15) is 4.79 Å². The highest BCUT2D eigenvalue weighted by Gasteiger charge is 2.57. The second-order valence-electron chi connectivity index (χ2n) is 13.4. The molecule has 2 aliphatic heterocycles. The summed E-state index contributed by atoms with van der Waals surface area (Å²) >= 11 is 0. The second-order valence-corrected chi connectivity index (χ2v) is 13.4. The average molecular weight is 669 g/mol. The highest BCUT2D eigenvalue weighted by Crippen LogP contribution is 2.41. The van der Waals surface area contributed by atoms with Gasteiger partial charge in [-0.05, 0) is 41.7 Å². The van der Waals surface area contributed by atoms with E-state index in [-0.39, 0.29) is 24.4 Å². The number of carbonyl (C=O) groups is 1. The van der Waals surface area contributed by atoms with Gasteiger partial charge in [0.1, 0.15) is 18.3 Å². The zero-order valence-corrected chi connectivity index (χ0v) is 28.4. The molecule has 2 aliphatic rings. The van der Waals surface area contributed by atoms with Crippen molar-refractivity contribution in [2.24, 2.45) is 0 Å². The Kier molecular flexibility index (Phi) is 10.5. The van der Waals surface area contributed by atoms with Crippen LogP contribution >= 0.6 is 0 Å². The normalized spacial score (nSPS) is 21.6. The summed E-state index contributed by atoms with van der Waals surface area (Å²) in [6.45, 7) is 4.13. The van der Waals surface area contributed by atoms with Crippen molar-refractivity contribution in [3.63, 3.8) is 0 Å². The third-order valence-corrected chi connectivity index (χ3v) is 9.33. The molecule has 7 rings (SSSR count). The predicted octanol–water partition coefficient (Wildman–Crippen LogP) is 7.49. The van der Waals surface area contributed by atoms with Crippen molar-refractivity contribution in [3.8, 4) is 0 Å². The van der Waals surface area contributed by atoms with Gasteiger partial charge in [-0.1, -0.05) is 152 Å². The van der Waals surface area contributed by atoms with Gasteiger partial charge in [-0.2, -0.15) is 0 Å². The van der Waals surface area contributed by atoms with Crippen LogP contribution in [0.4, 0.5) is 0 Å². The van der Waals surface area contributed by atoms with Crippen molar-refractivity contribution in [2.75, 3.05) is 0 Å². The zero-order chi connectivity index (χ0) is 34.3. The Hall–Kier alpha value is -4.63. The van der Waals surface area contributed by atoms with Crippen LogP contribution in [-0.4, -0.2) is 42.3 Å². The first-order valence-electron chi connectivity index (χ1n) is 17.4. The number of hydrogen-bond acceptors (Lipinski definition) is 6. The van der Waals surface area contributed by atoms with Crippen LogP contribution in [0, 0.1) is 0 Å². The minimum atomic E-state index is -0.829. The molecule has 2 saturated heterocycles. The fourth-order valence-corrected chi connectivity index (χ4v) is 7.01. The standard InChI is InChI=1S/C43H44N2O5/c1-43(2)49-41-40(47-29-30-18-8-3-9-19-30)39(48-42(41)50-43)35(44-37(31-20-10-4-11-21-31)32-22-12-5-13-23-32)28-36(46)45-38(33-24-14-6-15-25-33)34-26-16-7-17-27-34/h3-27,35,37-42,44H,28-29H2,1-2H3,(H,45,46)/t35-,39+,40-,41+,42+/m0/s1. The van der Waals surface area contributed by atoms with Crippen molar-refractivity contribution >= 4 is 5.91 Å². The molecule has 0 spiro atoms. The maximum Gasteiger partial charge on any atom is 0.222 e. The van der Waals surface area contributed by atoms with E-state index in [4.69, 9.17) is 18.9 Å². The maximum absolute atomic E-state index is 14.3. The molecular formula is C43H44N2O5. The van der Waals surface area contributed by atoms with E-state index in [1.165, 1.54) is 0 Å². The minimum absolute atomic E-state index is 0.116. The van der Waals surface area contributed by atoms with Crippen LogP contribution in [0.5, 0.6) is 0 Å². The van der Waals surface area contributed by atoms with Gasteiger partial charge in [0.05, 0.1) is 18.7 Å². The second kappa shape index (κ2) is 15.5. The Balaban J connectivity index is 1.23. The molecule has 5 aromatic carbocycles. The summed E-state index contributed by atoms with van der Waals surface area (Å²) < 4.78 is 26.1. The molecule has 2 N–H and O–H groups in total. The van der Waals surface area contributed by atoms with Crippen molar-refractivity contribution < 1.29 is 23.7 Å². The van der Waals surface area contributed by atoms with Gasteiger partial charge in [0, 0.05) is 12.5 Å². The third kappa shape index (κ3) is 8.05. The highest BCUT2D eigenvalue weighted by molar-refractivity contribution is 5.78. The summed E-state index contributed by atoms with van der Waals surface area (Å²) in [5.41, 5.74) is 5.19. The molecule has 5 atom stereocenters. The van der Waals surface area contributed by atoms with E-state index in [0.29, 0.717) is 6.61 Å². The van der Waals surface area contributed by atoms with Crippen LogP contribution in [-0.2, 0) is 30.3 Å². The zero-order valence-electron chi connectivity index (χ0n) is 28.4. The Morgan fingerprint density at radius 3 is 1.62 bits per heavy atom. The van der Waals surface area contributed by atoms with Gasteiger partial charge in [0.2, 0.25) is 5.91 Å². The third-order valence-electron chi connectivity index (χ3n) is 9.33. The first-order valence-corrected chi connectivity index (χ1v) is 17.4. The summed E-state index contributed by atoms with van der Waals surface area (Å²) in [5.74, 6) is -0.950. The Labute approximate surface area is 294 Å². The van der Waals surface area contributed by atoms with E-state index in [1.54, 1.807) is 0 Å². The van der Waals surface area contributed by atoms with Crippen LogP contribution in [0.2, 0.25) is 0 Å². The summed E-state index contributed by atoms with van der Waals surface area (Å²) in [4.78, 5) is 14.3. The molecule has 2 fully saturated rings. The molecular weight excluding hydrogens is 624 g/mol. The number of rotatable bonds is 13. The number of fused-ring (bicyclic) bond motifs is 1. The SMILES string of the molecule is CC1(C)O[C@H]2O[C@H]([C@H](CC(=O)NC(c3ccccc3)c3ccccc3)NC(c3ccccc3)c3ccccc3)[C@H](OCc3ccccc3)[C@H]2O1. The van der Waals surface area contributed by atoms with E-state index in [2.05, 4.69) is 34.9 Å². The number of benzene rings is 5. The summed E-state index contributed by atoms with van der Waals surface area (Å²) in [6.07, 6.45) is -2.09. The van der Waals surface area contributed by atoms with Gasteiger partial charge in [-0.25, -0.2) is 0 Å². The van der Waals surface area contributed by atoms with Crippen LogP contribution in [0.15, 0.2) is 152 Å². The largest absolute Gasteiger partial charge is 0.368 e. The van der Waals surface area contributed by atoms with Crippen molar-refractivity contribution in [1.29, 1.82) is 0 Å². The number of ether oxygens (including phenoxy) is 4. The van der Waals surface area contributed by atoms with Gasteiger partial charge < -0.3 is 29.6 Å². The number of amides is 1. The predicted molar refractivity (Wildman–Crippen MR) is 193 cm³/mol. The van der Waals surface area contributed by atoms with Gasteiger partial charge in [-0.3, -0.25) is 4.79 Å². The average Bonchev–Trinajstić information content (AvgIpc) is 3.64. The van der Waals surface area contributed by atoms with Crippen LogP contribution in [0.25, 0.3) is 0 Å². The Morgan fingerprint density at radius 2 is 1.12 bits per heavy atom. The fraction of sp³-hybridized carbons (Fsp3) is 0.279. The first kappa shape index (κ1) is 33.8. The van der Waals surface area contributed by atoms with Crippen LogP contribution in [0.3, 0.4) is 0 Å². The molecule has 0 radical (unpaired) electrons. The molecule has 5 aromatic rings. The van der Waals surface area contributed by atoms with E-state index in [1.807, 2.05) is 141 Å². The molecule has 0 aliphatic carbocycles. The lowest BCUT2D eigenvalue weighted by Crippen LogP contribution is -2.51. The van der Waals surface area contributed by atoms with E-state index >= 15 is 0 Å². The molecule has 50 heavy (non-hydrogen) atoms. The van der Waals surface area contributed by atoms with Gasteiger partial charge in [0.15, 0.2) is 12.1 Å². The smallest absolute Gasteiger partial charge is 0.222 e. The molecule has 256 valence electrons. The van der Waals surface area contributed by atoms with Gasteiger partial charge in [0.25, 0.3) is 0 Å². The molecule has 0 aromatic heterocycles. The lowest BCUT2D eigenvalue weighted by Gasteiger charge is -2.34. The minimum Gasteiger partial charge on any atom is -0.368 e. The van der Waals surface area contributed by atoms with E-state index < -0.39 is 36.4 Å². The molecule has 7 heteroatoms. The molecule has 2 heterocycles. The molecule has 0 bridgehead atoms. The quantitative estimate of drug-likeness (QED) is 0.135. The summed E-state index contributed by atoms with van der Waals surface area (Å²) in [7, 11) is 0. The fourth-order valence-electron chi connectivity index (χ4n) is 7.01. The number of hydrogen-bond donors (Lipinski definition) is 2. The molecule has 0 saturated carbocycles. The van der Waals surface area contributed by atoms with E-state index in [0.717, 1.165) is 27.8 Å². The Bertz CT molecular complexity index is 1710. The number of carbonyl (C=O) groups excluding carboxylic acids is 1. The van der Waals surface area contributed by atoms with Gasteiger partial charge >= 0.3 is 0 Å². The topological polar surface area (TPSA) is 78.1 Å². The van der Waals surface area contributed by atoms with Crippen LogP contribution < -0.4 is 10.6 Å². The number of nitrogens with one attached hydrogen (secondary N) is 2.